The molecule has 0 aliphatic heterocycles. The van der Waals surface area contributed by atoms with Gasteiger partial charge < -0.3 is 5.11 Å². The zero-order valence-corrected chi connectivity index (χ0v) is 16.3. The summed E-state index contributed by atoms with van der Waals surface area (Å²) in [5, 5.41) is 18.6. The molecule has 3 aromatic rings. The van der Waals surface area contributed by atoms with E-state index in [0.717, 1.165) is 17.8 Å². The molecule has 29 heavy (non-hydrogen) atoms. The Morgan fingerprint density at radius 2 is 1.97 bits per heavy atom. The Balaban J connectivity index is 1.74. The average Bonchev–Trinajstić information content (AvgIpc) is 3.26. The van der Waals surface area contributed by atoms with Gasteiger partial charge in [0.05, 0.1) is 17.5 Å². The fourth-order valence-electron chi connectivity index (χ4n) is 3.52. The summed E-state index contributed by atoms with van der Waals surface area (Å²) in [6, 6.07) is 5.24. The van der Waals surface area contributed by atoms with Gasteiger partial charge in [0.15, 0.2) is 0 Å². The monoisotopic (exact) mass is 404 g/mol. The smallest absolute Gasteiger partial charge is 0.282 e. The summed E-state index contributed by atoms with van der Waals surface area (Å²) in [6.45, 7) is 4.26. The van der Waals surface area contributed by atoms with Gasteiger partial charge in [-0.25, -0.2) is 17.9 Å². The largest absolute Gasteiger partial charge is 0.389 e. The van der Waals surface area contributed by atoms with Crippen LogP contribution in [0.25, 0.3) is 5.69 Å². The number of benzene rings is 1. The lowest BCUT2D eigenvalue weighted by atomic mass is 10.1. The van der Waals surface area contributed by atoms with E-state index in [4.69, 9.17) is 0 Å². The second-order valence-electron chi connectivity index (χ2n) is 7.73. The number of halogens is 3. The molecule has 1 aromatic carbocycles. The van der Waals surface area contributed by atoms with Gasteiger partial charge in [-0.05, 0) is 62.4 Å². The second-order valence-corrected chi connectivity index (χ2v) is 7.73. The zero-order valence-electron chi connectivity index (χ0n) is 16.3. The molecule has 0 radical (unpaired) electrons. The van der Waals surface area contributed by atoms with Gasteiger partial charge >= 0.3 is 0 Å². The van der Waals surface area contributed by atoms with Gasteiger partial charge in [0.2, 0.25) is 0 Å². The molecular formula is C21H23F3N4O. The number of hydrogen-bond donors (Lipinski definition) is 1. The van der Waals surface area contributed by atoms with Crippen LogP contribution in [0.2, 0.25) is 0 Å². The second kappa shape index (κ2) is 7.67. The van der Waals surface area contributed by atoms with E-state index in [0.29, 0.717) is 23.7 Å². The number of aliphatic hydroxyl groups excluding tert-OH is 1. The van der Waals surface area contributed by atoms with Crippen LogP contribution in [0.5, 0.6) is 0 Å². The molecular weight excluding hydrogens is 381 g/mol. The van der Waals surface area contributed by atoms with E-state index in [1.54, 1.807) is 0 Å². The summed E-state index contributed by atoms with van der Waals surface area (Å²) in [4.78, 5) is 0. The lowest BCUT2D eigenvalue weighted by molar-refractivity contribution is 0.145. The normalized spacial score (nSPS) is 15.3. The number of nitrogens with zero attached hydrogens (tertiary/aromatic N) is 4. The van der Waals surface area contributed by atoms with E-state index in [1.807, 2.05) is 17.8 Å². The molecule has 2 heterocycles. The van der Waals surface area contributed by atoms with Crippen LogP contribution in [0.3, 0.4) is 0 Å². The van der Waals surface area contributed by atoms with E-state index in [2.05, 4.69) is 10.2 Å². The molecule has 4 rings (SSSR count). The van der Waals surface area contributed by atoms with Crippen molar-refractivity contribution in [3.63, 3.8) is 0 Å². The molecule has 1 atom stereocenters. The SMILES string of the molecule is Cc1nn(CC2CC2)cc1Cc1cc(C(F)F)nn1-c1ccc(F)cc1[C@@H](C)O. The van der Waals surface area contributed by atoms with Crippen molar-refractivity contribution in [2.75, 3.05) is 0 Å². The Hall–Kier alpha value is -2.61. The average molecular weight is 404 g/mol. The number of hydrogen-bond acceptors (Lipinski definition) is 3. The third-order valence-electron chi connectivity index (χ3n) is 5.26. The number of alkyl halides is 2. The Morgan fingerprint density at radius 3 is 2.62 bits per heavy atom. The highest BCUT2D eigenvalue weighted by molar-refractivity contribution is 5.44. The predicted octanol–water partition coefficient (Wildman–Crippen LogP) is 4.51. The molecule has 0 unspecified atom stereocenters. The topological polar surface area (TPSA) is 55.9 Å². The van der Waals surface area contributed by atoms with Gasteiger partial charge in [-0.2, -0.15) is 10.2 Å². The van der Waals surface area contributed by atoms with Crippen LogP contribution in [-0.2, 0) is 13.0 Å². The molecule has 0 saturated heterocycles. The van der Waals surface area contributed by atoms with Crippen molar-refractivity contribution in [1.29, 1.82) is 0 Å². The molecule has 1 aliphatic rings. The summed E-state index contributed by atoms with van der Waals surface area (Å²) < 4.78 is 43.7. The number of aromatic nitrogens is 4. The van der Waals surface area contributed by atoms with Crippen molar-refractivity contribution in [3.8, 4) is 5.69 Å². The van der Waals surface area contributed by atoms with E-state index in [-0.39, 0.29) is 11.3 Å². The summed E-state index contributed by atoms with van der Waals surface area (Å²) in [6.07, 6.45) is 1.02. The third kappa shape index (κ3) is 4.22. The minimum Gasteiger partial charge on any atom is -0.389 e. The molecule has 1 fully saturated rings. The summed E-state index contributed by atoms with van der Waals surface area (Å²) in [5.74, 6) is 0.163. The van der Waals surface area contributed by atoms with Crippen molar-refractivity contribution >= 4 is 0 Å². The van der Waals surface area contributed by atoms with Gasteiger partial charge in [-0.3, -0.25) is 4.68 Å². The van der Waals surface area contributed by atoms with Crippen molar-refractivity contribution in [3.05, 3.63) is 64.5 Å². The van der Waals surface area contributed by atoms with Crippen LogP contribution in [-0.4, -0.2) is 24.7 Å². The first-order valence-corrected chi connectivity index (χ1v) is 9.69. The molecule has 0 spiro atoms. The van der Waals surface area contributed by atoms with E-state index in [9.17, 15) is 18.3 Å². The highest BCUT2D eigenvalue weighted by Gasteiger charge is 2.24. The van der Waals surface area contributed by atoms with Gasteiger partial charge in [-0.1, -0.05) is 0 Å². The van der Waals surface area contributed by atoms with Gasteiger partial charge in [0, 0.05) is 30.4 Å². The van der Waals surface area contributed by atoms with Crippen LogP contribution in [0.1, 0.15) is 60.5 Å². The highest BCUT2D eigenvalue weighted by atomic mass is 19.3. The van der Waals surface area contributed by atoms with Crippen LogP contribution in [0.4, 0.5) is 13.2 Å². The van der Waals surface area contributed by atoms with E-state index >= 15 is 0 Å². The standard InChI is InChI=1S/C21H23F3N4O/c1-12-15(11-27(25-12)10-14-3-4-14)7-17-9-19(21(23)24)26-28(17)20-6-5-16(22)8-18(20)13(2)29/h5-6,8-9,11,13-14,21,29H,3-4,7,10H2,1-2H3/t13-/m1/s1. The minimum absolute atomic E-state index is 0.288. The first-order valence-electron chi connectivity index (χ1n) is 9.69. The molecule has 1 aliphatic carbocycles. The van der Waals surface area contributed by atoms with E-state index < -0.39 is 18.3 Å². The fraction of sp³-hybridized carbons (Fsp3) is 0.429. The summed E-state index contributed by atoms with van der Waals surface area (Å²) in [5.41, 5.74) is 2.61. The Labute approximate surface area is 166 Å². The molecule has 0 bridgehead atoms. The molecule has 1 saturated carbocycles. The van der Waals surface area contributed by atoms with Crippen LogP contribution >= 0.6 is 0 Å². The predicted molar refractivity (Wildman–Crippen MR) is 102 cm³/mol. The van der Waals surface area contributed by atoms with Crippen LogP contribution < -0.4 is 0 Å². The molecule has 2 aromatic heterocycles. The summed E-state index contributed by atoms with van der Waals surface area (Å²) in [7, 11) is 0. The maximum Gasteiger partial charge on any atom is 0.282 e. The van der Waals surface area contributed by atoms with Gasteiger partial charge in [-0.15, -0.1) is 0 Å². The first kappa shape index (κ1) is 19.7. The van der Waals surface area contributed by atoms with Crippen molar-refractivity contribution in [2.45, 2.75) is 52.2 Å². The van der Waals surface area contributed by atoms with E-state index in [1.165, 1.54) is 48.7 Å². The number of aryl methyl sites for hydroxylation is 1. The lowest BCUT2D eigenvalue weighted by Gasteiger charge is -2.14. The number of rotatable bonds is 7. The van der Waals surface area contributed by atoms with Crippen LogP contribution in [0.15, 0.2) is 30.5 Å². The first-order chi connectivity index (χ1) is 13.8. The Kier molecular flexibility index (Phi) is 5.21. The molecule has 8 heteroatoms. The Morgan fingerprint density at radius 1 is 1.21 bits per heavy atom. The molecule has 154 valence electrons. The van der Waals surface area contributed by atoms with Crippen molar-refractivity contribution < 1.29 is 18.3 Å². The van der Waals surface area contributed by atoms with Crippen molar-refractivity contribution in [1.82, 2.24) is 19.6 Å². The maximum atomic E-state index is 13.7. The van der Waals surface area contributed by atoms with Gasteiger partial charge in [0.25, 0.3) is 6.43 Å². The Bertz CT molecular complexity index is 1020. The molecule has 0 amide bonds. The fourth-order valence-corrected chi connectivity index (χ4v) is 3.52. The lowest BCUT2D eigenvalue weighted by Crippen LogP contribution is -2.09. The highest BCUT2D eigenvalue weighted by Crippen LogP contribution is 2.31. The zero-order chi connectivity index (χ0) is 20.7. The molecule has 5 nitrogen and oxygen atoms in total. The van der Waals surface area contributed by atoms with Gasteiger partial charge in [0.1, 0.15) is 11.5 Å². The third-order valence-corrected chi connectivity index (χ3v) is 5.26. The van der Waals surface area contributed by atoms with Crippen molar-refractivity contribution in [2.24, 2.45) is 5.92 Å². The minimum atomic E-state index is -2.73. The molecule has 1 N–H and O–H groups in total. The summed E-state index contributed by atoms with van der Waals surface area (Å²) >= 11 is 0. The van der Waals surface area contributed by atoms with Crippen LogP contribution in [0, 0.1) is 18.7 Å². The quantitative estimate of drug-likeness (QED) is 0.631. The number of aliphatic hydroxyl groups is 1. The maximum absolute atomic E-state index is 13.7.